The van der Waals surface area contributed by atoms with Gasteiger partial charge in [0.2, 0.25) is 8.32 Å². The van der Waals surface area contributed by atoms with Gasteiger partial charge in [-0.05, 0) is 25.7 Å². The van der Waals surface area contributed by atoms with Crippen LogP contribution in [0.2, 0.25) is 19.6 Å². The Kier molecular flexibility index (Phi) is 3.61. The molecule has 0 aliphatic heterocycles. The SMILES string of the molecule is C[Si](C)(C)OC(=O)c1cc(F)c(F)c(F)c1F. The lowest BCUT2D eigenvalue weighted by Crippen LogP contribution is -2.30. The van der Waals surface area contributed by atoms with E-state index in [1.165, 1.54) is 0 Å². The number of benzene rings is 1. The Bertz CT molecular complexity index is 468. The summed E-state index contributed by atoms with van der Waals surface area (Å²) in [5, 5.41) is 0. The highest BCUT2D eigenvalue weighted by atomic mass is 28.4. The van der Waals surface area contributed by atoms with Crippen LogP contribution in [-0.2, 0) is 4.43 Å². The first-order chi connectivity index (χ1) is 7.63. The Morgan fingerprint density at radius 1 is 1.06 bits per heavy atom. The Morgan fingerprint density at radius 2 is 1.59 bits per heavy atom. The van der Waals surface area contributed by atoms with Crippen molar-refractivity contribution < 1.29 is 26.8 Å². The normalized spacial score (nSPS) is 11.5. The van der Waals surface area contributed by atoms with Crippen LogP contribution in [0.1, 0.15) is 10.4 Å². The van der Waals surface area contributed by atoms with E-state index in [1.54, 1.807) is 19.6 Å². The van der Waals surface area contributed by atoms with Crippen LogP contribution in [0.25, 0.3) is 0 Å². The van der Waals surface area contributed by atoms with E-state index in [0.717, 1.165) is 0 Å². The van der Waals surface area contributed by atoms with Crippen molar-refractivity contribution in [2.45, 2.75) is 19.6 Å². The van der Waals surface area contributed by atoms with Crippen molar-refractivity contribution in [3.05, 3.63) is 34.9 Å². The number of carbonyl (C=O) groups is 1. The third kappa shape index (κ3) is 3.06. The second-order valence-corrected chi connectivity index (χ2v) is 8.78. The van der Waals surface area contributed by atoms with Gasteiger partial charge < -0.3 is 4.43 Å². The van der Waals surface area contributed by atoms with Crippen molar-refractivity contribution in [1.29, 1.82) is 0 Å². The van der Waals surface area contributed by atoms with Gasteiger partial charge in [-0.2, -0.15) is 0 Å². The fraction of sp³-hybridized carbons (Fsp3) is 0.300. The highest BCUT2D eigenvalue weighted by molar-refractivity contribution is 6.71. The van der Waals surface area contributed by atoms with Gasteiger partial charge in [0.25, 0.3) is 0 Å². The molecule has 0 aromatic heterocycles. The van der Waals surface area contributed by atoms with Gasteiger partial charge in [0.15, 0.2) is 23.3 Å². The minimum Gasteiger partial charge on any atom is -0.516 e. The van der Waals surface area contributed by atoms with E-state index in [-0.39, 0.29) is 6.07 Å². The van der Waals surface area contributed by atoms with Crippen LogP contribution >= 0.6 is 0 Å². The first-order valence-electron chi connectivity index (χ1n) is 4.70. The van der Waals surface area contributed by atoms with Gasteiger partial charge in [-0.1, -0.05) is 0 Å². The largest absolute Gasteiger partial charge is 0.516 e. The lowest BCUT2D eigenvalue weighted by atomic mass is 10.2. The highest BCUT2D eigenvalue weighted by Gasteiger charge is 2.27. The van der Waals surface area contributed by atoms with Crippen molar-refractivity contribution in [3.63, 3.8) is 0 Å². The van der Waals surface area contributed by atoms with Crippen molar-refractivity contribution in [2.24, 2.45) is 0 Å². The zero-order valence-corrected chi connectivity index (χ0v) is 10.4. The summed E-state index contributed by atoms with van der Waals surface area (Å²) >= 11 is 0. The van der Waals surface area contributed by atoms with Crippen molar-refractivity contribution >= 4 is 14.3 Å². The van der Waals surface area contributed by atoms with Gasteiger partial charge in [0, 0.05) is 0 Å². The molecule has 1 rings (SSSR count). The van der Waals surface area contributed by atoms with Gasteiger partial charge >= 0.3 is 5.97 Å². The van der Waals surface area contributed by atoms with Crippen molar-refractivity contribution in [3.8, 4) is 0 Å². The molecule has 1 aromatic carbocycles. The van der Waals surface area contributed by atoms with Gasteiger partial charge in [-0.15, -0.1) is 0 Å². The average molecular weight is 266 g/mol. The maximum absolute atomic E-state index is 13.2. The summed E-state index contributed by atoms with van der Waals surface area (Å²) in [6.07, 6.45) is 0. The molecule has 17 heavy (non-hydrogen) atoms. The number of rotatable bonds is 2. The van der Waals surface area contributed by atoms with Crippen LogP contribution in [-0.4, -0.2) is 14.3 Å². The van der Waals surface area contributed by atoms with E-state index in [1.807, 2.05) is 0 Å². The Morgan fingerprint density at radius 3 is 2.06 bits per heavy atom. The molecule has 0 N–H and O–H groups in total. The molecule has 7 heteroatoms. The number of halogens is 4. The quantitative estimate of drug-likeness (QED) is 0.355. The van der Waals surface area contributed by atoms with E-state index in [9.17, 15) is 22.4 Å². The van der Waals surface area contributed by atoms with E-state index >= 15 is 0 Å². The van der Waals surface area contributed by atoms with Crippen LogP contribution in [0.3, 0.4) is 0 Å². The molecule has 0 spiro atoms. The molecule has 0 amide bonds. The molecule has 0 saturated carbocycles. The molecular weight excluding hydrogens is 256 g/mol. The second-order valence-electron chi connectivity index (χ2n) is 4.35. The summed E-state index contributed by atoms with van der Waals surface area (Å²) in [5.74, 6) is -8.54. The smallest absolute Gasteiger partial charge is 0.328 e. The molecule has 0 aliphatic carbocycles. The fourth-order valence-corrected chi connectivity index (χ4v) is 1.72. The molecule has 0 atom stereocenters. The topological polar surface area (TPSA) is 26.3 Å². The molecule has 2 nitrogen and oxygen atoms in total. The Balaban J connectivity index is 3.20. The minimum atomic E-state index is -2.33. The summed E-state index contributed by atoms with van der Waals surface area (Å²) in [7, 11) is -2.33. The van der Waals surface area contributed by atoms with E-state index in [0.29, 0.717) is 0 Å². The number of hydrogen-bond donors (Lipinski definition) is 0. The van der Waals surface area contributed by atoms with Gasteiger partial charge in [-0.3, -0.25) is 0 Å². The zero-order chi connectivity index (χ0) is 13.4. The molecule has 94 valence electrons. The zero-order valence-electron chi connectivity index (χ0n) is 9.41. The standard InChI is InChI=1S/C10H10F4O2Si/c1-17(2,3)16-10(15)5-4-6(11)8(13)9(14)7(5)12/h4H,1-3H3. The molecule has 0 unspecified atom stereocenters. The van der Waals surface area contributed by atoms with Crippen LogP contribution in [0.4, 0.5) is 17.6 Å². The fourth-order valence-electron chi connectivity index (χ4n) is 1.05. The predicted octanol–water partition coefficient (Wildman–Crippen LogP) is 3.23. The average Bonchev–Trinajstić information content (AvgIpc) is 2.17. The maximum atomic E-state index is 13.2. The Labute approximate surface area is 96.3 Å². The first kappa shape index (κ1) is 13.7. The summed E-state index contributed by atoms with van der Waals surface area (Å²) in [5.41, 5.74) is -0.941. The number of carbonyl (C=O) groups excluding carboxylic acids is 1. The predicted molar refractivity (Wildman–Crippen MR) is 55.0 cm³/mol. The van der Waals surface area contributed by atoms with Crippen LogP contribution in [0, 0.1) is 23.3 Å². The summed E-state index contributed by atoms with van der Waals surface area (Å²) in [6, 6.07) is 0.288. The molecule has 0 aliphatic rings. The van der Waals surface area contributed by atoms with Crippen LogP contribution in [0.5, 0.6) is 0 Å². The molecule has 0 radical (unpaired) electrons. The van der Waals surface area contributed by atoms with E-state index in [4.69, 9.17) is 4.43 Å². The monoisotopic (exact) mass is 266 g/mol. The highest BCUT2D eigenvalue weighted by Crippen LogP contribution is 2.20. The lowest BCUT2D eigenvalue weighted by molar-refractivity contribution is 0.0717. The van der Waals surface area contributed by atoms with Crippen LogP contribution < -0.4 is 0 Å². The van der Waals surface area contributed by atoms with Crippen molar-refractivity contribution in [1.82, 2.24) is 0 Å². The maximum Gasteiger partial charge on any atom is 0.328 e. The minimum absolute atomic E-state index is 0.288. The summed E-state index contributed by atoms with van der Waals surface area (Å²) in [4.78, 5) is 11.4. The van der Waals surface area contributed by atoms with Crippen LogP contribution in [0.15, 0.2) is 6.07 Å². The summed E-state index contributed by atoms with van der Waals surface area (Å²) < 4.78 is 56.4. The summed E-state index contributed by atoms with van der Waals surface area (Å²) in [6.45, 7) is 4.91. The second kappa shape index (κ2) is 4.48. The Hall–Kier alpha value is -1.37. The molecule has 0 saturated heterocycles. The third-order valence-corrected chi connectivity index (χ3v) is 2.52. The molecular formula is C10H10F4O2Si. The molecule has 0 bridgehead atoms. The van der Waals surface area contributed by atoms with Crippen molar-refractivity contribution in [2.75, 3.05) is 0 Å². The lowest BCUT2D eigenvalue weighted by Gasteiger charge is -2.17. The molecule has 0 fully saturated rings. The number of hydrogen-bond acceptors (Lipinski definition) is 2. The van der Waals surface area contributed by atoms with E-state index < -0.39 is 43.1 Å². The van der Waals surface area contributed by atoms with Gasteiger partial charge in [0.05, 0.1) is 0 Å². The van der Waals surface area contributed by atoms with Gasteiger partial charge in [-0.25, -0.2) is 22.4 Å². The molecule has 1 aromatic rings. The van der Waals surface area contributed by atoms with E-state index in [2.05, 4.69) is 0 Å². The molecule has 0 heterocycles. The first-order valence-corrected chi connectivity index (χ1v) is 8.10. The van der Waals surface area contributed by atoms with Gasteiger partial charge in [0.1, 0.15) is 5.56 Å². The third-order valence-electron chi connectivity index (χ3n) is 1.72.